The molecule has 9 nitrogen and oxygen atoms in total. The van der Waals surface area contributed by atoms with Crippen molar-refractivity contribution in [3.05, 3.63) is 0 Å². The van der Waals surface area contributed by atoms with E-state index in [1.807, 2.05) is 0 Å². The molecule has 114 valence electrons. The van der Waals surface area contributed by atoms with Crippen molar-refractivity contribution in [2.45, 2.75) is 31.8 Å². The number of nitrogens with one attached hydrogen (secondary N) is 2. The number of methoxy groups -OCH3 is 2. The highest BCUT2D eigenvalue weighted by Gasteiger charge is 2.23. The smallest absolute Gasteiger partial charge is 0.328 e. The normalized spacial score (nSPS) is 12.8. The lowest BCUT2D eigenvalue weighted by atomic mass is 10.1. The van der Waals surface area contributed by atoms with E-state index in [9.17, 15) is 19.2 Å². The molecule has 0 fully saturated rings. The van der Waals surface area contributed by atoms with Gasteiger partial charge >= 0.3 is 23.9 Å². The van der Waals surface area contributed by atoms with Crippen LogP contribution in [0.4, 0.5) is 4.79 Å². The summed E-state index contributed by atoms with van der Waals surface area (Å²) in [5, 5.41) is 13.3. The minimum absolute atomic E-state index is 0.123. The van der Waals surface area contributed by atoms with Crippen molar-refractivity contribution in [2.24, 2.45) is 0 Å². The second kappa shape index (κ2) is 8.73. The van der Waals surface area contributed by atoms with Crippen LogP contribution in [0.1, 0.15) is 19.8 Å². The largest absolute Gasteiger partial charge is 0.480 e. The third-order valence-electron chi connectivity index (χ3n) is 2.37. The van der Waals surface area contributed by atoms with Crippen LogP contribution < -0.4 is 10.6 Å². The van der Waals surface area contributed by atoms with Gasteiger partial charge < -0.3 is 25.2 Å². The number of rotatable bonds is 7. The Hall–Kier alpha value is -2.32. The Bertz CT molecular complexity index is 383. The summed E-state index contributed by atoms with van der Waals surface area (Å²) in [6.45, 7) is 1.38. The first-order valence-corrected chi connectivity index (χ1v) is 5.76. The summed E-state index contributed by atoms with van der Waals surface area (Å²) in [7, 11) is 2.34. The molecule has 2 atom stereocenters. The van der Waals surface area contributed by atoms with E-state index >= 15 is 0 Å². The molecule has 0 aliphatic carbocycles. The predicted molar refractivity (Wildman–Crippen MR) is 65.8 cm³/mol. The van der Waals surface area contributed by atoms with Crippen molar-refractivity contribution in [3.8, 4) is 0 Å². The molecule has 3 N–H and O–H groups in total. The molecule has 0 spiro atoms. The SMILES string of the molecule is COC(=O)CC[C@H](NC(=O)NC(C)C(=O)OC)C(=O)O. The molecule has 0 radical (unpaired) electrons. The van der Waals surface area contributed by atoms with E-state index in [2.05, 4.69) is 20.1 Å². The van der Waals surface area contributed by atoms with E-state index in [4.69, 9.17) is 5.11 Å². The highest BCUT2D eigenvalue weighted by molar-refractivity contribution is 5.86. The second-order valence-corrected chi connectivity index (χ2v) is 3.87. The molecular weight excluding hydrogens is 272 g/mol. The number of esters is 2. The van der Waals surface area contributed by atoms with E-state index in [-0.39, 0.29) is 12.8 Å². The Kier molecular flexibility index (Phi) is 7.71. The van der Waals surface area contributed by atoms with Crippen molar-refractivity contribution in [3.63, 3.8) is 0 Å². The number of carbonyl (C=O) groups excluding carboxylic acids is 3. The highest BCUT2D eigenvalue weighted by atomic mass is 16.5. The highest BCUT2D eigenvalue weighted by Crippen LogP contribution is 2.00. The number of carboxylic acid groups (broad SMARTS) is 1. The van der Waals surface area contributed by atoms with Crippen molar-refractivity contribution in [1.82, 2.24) is 10.6 Å². The Morgan fingerprint density at radius 3 is 2.15 bits per heavy atom. The van der Waals surface area contributed by atoms with Crippen LogP contribution in [0.25, 0.3) is 0 Å². The van der Waals surface area contributed by atoms with E-state index in [0.29, 0.717) is 0 Å². The molecule has 0 bridgehead atoms. The van der Waals surface area contributed by atoms with Gasteiger partial charge in [-0.15, -0.1) is 0 Å². The van der Waals surface area contributed by atoms with Gasteiger partial charge in [0.25, 0.3) is 0 Å². The van der Waals surface area contributed by atoms with E-state index in [1.54, 1.807) is 0 Å². The molecule has 0 heterocycles. The maximum absolute atomic E-state index is 11.5. The van der Waals surface area contributed by atoms with Crippen LogP contribution in [0.5, 0.6) is 0 Å². The standard InChI is InChI=1S/C11H18N2O7/c1-6(10(17)20-3)12-11(18)13-7(9(15)16)4-5-8(14)19-2/h6-7H,4-5H2,1-3H3,(H,15,16)(H2,12,13,18)/t6?,7-/m0/s1. The van der Waals surface area contributed by atoms with Crippen molar-refractivity contribution >= 4 is 23.9 Å². The van der Waals surface area contributed by atoms with Crippen molar-refractivity contribution in [2.75, 3.05) is 14.2 Å². The maximum atomic E-state index is 11.5. The molecule has 0 aliphatic rings. The Morgan fingerprint density at radius 2 is 1.70 bits per heavy atom. The summed E-state index contributed by atoms with van der Waals surface area (Å²) in [5.74, 6) is -2.54. The van der Waals surface area contributed by atoms with Gasteiger partial charge in [-0.25, -0.2) is 14.4 Å². The number of carbonyl (C=O) groups is 4. The molecule has 2 amide bonds. The zero-order valence-electron chi connectivity index (χ0n) is 11.5. The van der Waals surface area contributed by atoms with Crippen LogP contribution >= 0.6 is 0 Å². The van der Waals surface area contributed by atoms with E-state index < -0.39 is 36.0 Å². The zero-order chi connectivity index (χ0) is 15.7. The first kappa shape index (κ1) is 17.7. The lowest BCUT2D eigenvalue weighted by Gasteiger charge is -2.16. The van der Waals surface area contributed by atoms with Gasteiger partial charge in [0.05, 0.1) is 14.2 Å². The first-order chi connectivity index (χ1) is 9.31. The van der Waals surface area contributed by atoms with Gasteiger partial charge in [0.1, 0.15) is 12.1 Å². The summed E-state index contributed by atoms with van der Waals surface area (Å²) in [5.41, 5.74) is 0. The van der Waals surface area contributed by atoms with Crippen LogP contribution in [0.2, 0.25) is 0 Å². The van der Waals surface area contributed by atoms with Crippen molar-refractivity contribution < 1.29 is 33.8 Å². The summed E-state index contributed by atoms with van der Waals surface area (Å²) in [6.07, 6.45) is -0.275. The number of carboxylic acids is 1. The van der Waals surface area contributed by atoms with Gasteiger partial charge in [-0.3, -0.25) is 4.79 Å². The van der Waals surface area contributed by atoms with Gasteiger partial charge in [0.2, 0.25) is 0 Å². The van der Waals surface area contributed by atoms with Crippen LogP contribution in [-0.2, 0) is 23.9 Å². The van der Waals surface area contributed by atoms with Gasteiger partial charge in [0, 0.05) is 6.42 Å². The molecule has 0 rings (SSSR count). The Morgan fingerprint density at radius 1 is 1.10 bits per heavy atom. The van der Waals surface area contributed by atoms with Gasteiger partial charge in [-0.05, 0) is 13.3 Å². The summed E-state index contributed by atoms with van der Waals surface area (Å²) >= 11 is 0. The first-order valence-electron chi connectivity index (χ1n) is 5.76. The molecule has 0 aromatic rings. The molecular formula is C11H18N2O7. The Labute approximate surface area is 115 Å². The van der Waals surface area contributed by atoms with Crippen LogP contribution in [0.15, 0.2) is 0 Å². The number of urea groups is 1. The Balaban J connectivity index is 4.37. The van der Waals surface area contributed by atoms with Gasteiger partial charge in [0.15, 0.2) is 0 Å². The molecule has 1 unspecified atom stereocenters. The average molecular weight is 290 g/mol. The number of amides is 2. The van der Waals surface area contributed by atoms with Crippen LogP contribution in [0, 0.1) is 0 Å². The fraction of sp³-hybridized carbons (Fsp3) is 0.636. The number of aliphatic carboxylic acids is 1. The predicted octanol–water partition coefficient (Wildman–Crippen LogP) is -0.746. The second-order valence-electron chi connectivity index (χ2n) is 3.87. The maximum Gasteiger partial charge on any atom is 0.328 e. The number of hydrogen-bond acceptors (Lipinski definition) is 6. The summed E-state index contributed by atoms with van der Waals surface area (Å²) in [6, 6.07) is -3.03. The number of ether oxygens (including phenoxy) is 2. The summed E-state index contributed by atoms with van der Waals surface area (Å²) in [4.78, 5) is 44.4. The molecule has 0 aliphatic heterocycles. The molecule has 0 saturated carbocycles. The van der Waals surface area contributed by atoms with Crippen molar-refractivity contribution in [1.29, 1.82) is 0 Å². The minimum atomic E-state index is -1.30. The van der Waals surface area contributed by atoms with E-state index in [0.717, 1.165) is 7.11 Å². The van der Waals surface area contributed by atoms with Gasteiger partial charge in [-0.1, -0.05) is 0 Å². The third kappa shape index (κ3) is 6.57. The molecule has 0 saturated heterocycles. The minimum Gasteiger partial charge on any atom is -0.480 e. The quantitative estimate of drug-likeness (QED) is 0.526. The lowest BCUT2D eigenvalue weighted by molar-refractivity contribution is -0.143. The monoisotopic (exact) mass is 290 g/mol. The molecule has 0 aromatic carbocycles. The summed E-state index contributed by atoms with van der Waals surface area (Å²) < 4.78 is 8.77. The average Bonchev–Trinajstić information content (AvgIpc) is 2.41. The van der Waals surface area contributed by atoms with E-state index in [1.165, 1.54) is 14.0 Å². The molecule has 9 heteroatoms. The fourth-order valence-electron chi connectivity index (χ4n) is 1.25. The van der Waals surface area contributed by atoms with Gasteiger partial charge in [-0.2, -0.15) is 0 Å². The van der Waals surface area contributed by atoms with Crippen LogP contribution in [-0.4, -0.2) is 55.3 Å². The van der Waals surface area contributed by atoms with Crippen LogP contribution in [0.3, 0.4) is 0 Å². The fourth-order valence-corrected chi connectivity index (χ4v) is 1.25. The lowest BCUT2D eigenvalue weighted by Crippen LogP contribution is -2.50. The molecule has 20 heavy (non-hydrogen) atoms. The molecule has 0 aromatic heterocycles. The third-order valence-corrected chi connectivity index (χ3v) is 2.37. The topological polar surface area (TPSA) is 131 Å². The zero-order valence-corrected chi connectivity index (χ0v) is 11.5. The number of hydrogen-bond donors (Lipinski definition) is 3.